The van der Waals surface area contributed by atoms with Crippen LogP contribution in [0.3, 0.4) is 0 Å². The third-order valence-corrected chi connectivity index (χ3v) is 4.11. The number of sulfonamides is 1. The smallest absolute Gasteiger partial charge is 0.238 e. The molecule has 1 aromatic carbocycles. The van der Waals surface area contributed by atoms with E-state index in [0.29, 0.717) is 17.4 Å². The van der Waals surface area contributed by atoms with Crippen LogP contribution in [0.4, 0.5) is 11.4 Å². The largest absolute Gasteiger partial charge is 0.397 e. The van der Waals surface area contributed by atoms with Crippen LogP contribution in [0.5, 0.6) is 0 Å². The zero-order chi connectivity index (χ0) is 13.9. The molecule has 0 bridgehead atoms. The molecule has 0 aliphatic rings. The van der Waals surface area contributed by atoms with Crippen LogP contribution in [0.1, 0.15) is 26.7 Å². The van der Waals surface area contributed by atoms with Crippen molar-refractivity contribution in [2.24, 2.45) is 5.14 Å². The van der Waals surface area contributed by atoms with E-state index >= 15 is 0 Å². The first-order valence-electron chi connectivity index (χ1n) is 5.96. The highest BCUT2D eigenvalue weighted by Crippen LogP contribution is 2.28. The SMILES string of the molecule is CCC(CC)N(C)c1cc(S(N)(=O)=O)ccc1N. The van der Waals surface area contributed by atoms with Crippen molar-refractivity contribution in [3.8, 4) is 0 Å². The van der Waals surface area contributed by atoms with Gasteiger partial charge in [-0.15, -0.1) is 0 Å². The molecule has 0 atom stereocenters. The summed E-state index contributed by atoms with van der Waals surface area (Å²) in [6.07, 6.45) is 1.93. The molecule has 1 aromatic rings. The minimum absolute atomic E-state index is 0.0875. The molecule has 102 valence electrons. The Morgan fingerprint density at radius 1 is 1.28 bits per heavy atom. The van der Waals surface area contributed by atoms with Crippen molar-refractivity contribution in [1.82, 2.24) is 0 Å². The highest BCUT2D eigenvalue weighted by Gasteiger charge is 2.16. The number of primary sulfonamides is 1. The van der Waals surface area contributed by atoms with Crippen LogP contribution in [-0.2, 0) is 10.0 Å². The third kappa shape index (κ3) is 3.14. The molecule has 0 heterocycles. The quantitative estimate of drug-likeness (QED) is 0.795. The van der Waals surface area contributed by atoms with Crippen molar-refractivity contribution in [2.75, 3.05) is 17.7 Å². The van der Waals surface area contributed by atoms with Gasteiger partial charge in [0.05, 0.1) is 16.3 Å². The Morgan fingerprint density at radius 2 is 1.83 bits per heavy atom. The number of benzene rings is 1. The predicted octanol–water partition coefficient (Wildman–Crippen LogP) is 1.54. The van der Waals surface area contributed by atoms with E-state index in [0.717, 1.165) is 12.8 Å². The van der Waals surface area contributed by atoms with Gasteiger partial charge in [-0.3, -0.25) is 0 Å². The van der Waals surface area contributed by atoms with Gasteiger partial charge in [0, 0.05) is 13.1 Å². The molecule has 5 nitrogen and oxygen atoms in total. The van der Waals surface area contributed by atoms with Crippen molar-refractivity contribution in [1.29, 1.82) is 0 Å². The normalized spacial score (nSPS) is 11.8. The molecule has 0 aromatic heterocycles. The number of rotatable bonds is 5. The Labute approximate surface area is 109 Å². The van der Waals surface area contributed by atoms with Gasteiger partial charge in [0.15, 0.2) is 0 Å². The molecular formula is C12H21N3O2S. The second-order valence-electron chi connectivity index (χ2n) is 4.35. The maximum atomic E-state index is 11.3. The zero-order valence-corrected chi connectivity index (χ0v) is 11.9. The van der Waals surface area contributed by atoms with Gasteiger partial charge in [-0.1, -0.05) is 13.8 Å². The maximum Gasteiger partial charge on any atom is 0.238 e. The van der Waals surface area contributed by atoms with E-state index in [2.05, 4.69) is 13.8 Å². The number of hydrogen-bond acceptors (Lipinski definition) is 4. The number of hydrogen-bond donors (Lipinski definition) is 2. The molecule has 0 radical (unpaired) electrons. The molecule has 0 amide bonds. The summed E-state index contributed by atoms with van der Waals surface area (Å²) in [4.78, 5) is 2.09. The van der Waals surface area contributed by atoms with Gasteiger partial charge in [0.2, 0.25) is 10.0 Å². The topological polar surface area (TPSA) is 89.4 Å². The van der Waals surface area contributed by atoms with Gasteiger partial charge in [-0.2, -0.15) is 0 Å². The van der Waals surface area contributed by atoms with Crippen molar-refractivity contribution in [3.63, 3.8) is 0 Å². The summed E-state index contributed by atoms with van der Waals surface area (Å²) in [5, 5.41) is 5.13. The Bertz CT molecular complexity index is 510. The lowest BCUT2D eigenvalue weighted by atomic mass is 10.1. The van der Waals surface area contributed by atoms with Gasteiger partial charge >= 0.3 is 0 Å². The van der Waals surface area contributed by atoms with Gasteiger partial charge in [0.25, 0.3) is 0 Å². The van der Waals surface area contributed by atoms with Gasteiger partial charge in [-0.05, 0) is 31.0 Å². The average molecular weight is 271 g/mol. The average Bonchev–Trinajstić information content (AvgIpc) is 2.29. The zero-order valence-electron chi connectivity index (χ0n) is 11.1. The molecule has 6 heteroatoms. The Kier molecular flexibility index (Phi) is 4.59. The van der Waals surface area contributed by atoms with Crippen LogP contribution < -0.4 is 15.8 Å². The molecule has 4 N–H and O–H groups in total. The first-order valence-corrected chi connectivity index (χ1v) is 7.51. The first kappa shape index (κ1) is 14.8. The van der Waals surface area contributed by atoms with E-state index in [9.17, 15) is 8.42 Å². The Hall–Kier alpha value is -1.27. The lowest BCUT2D eigenvalue weighted by Crippen LogP contribution is -2.31. The Morgan fingerprint density at radius 3 is 2.28 bits per heavy atom. The number of nitrogens with zero attached hydrogens (tertiary/aromatic N) is 1. The fourth-order valence-electron chi connectivity index (χ4n) is 2.04. The summed E-state index contributed by atoms with van der Waals surface area (Å²) in [5.41, 5.74) is 7.16. The molecule has 0 saturated heterocycles. The number of nitrogen functional groups attached to an aromatic ring is 1. The summed E-state index contributed by atoms with van der Waals surface area (Å²) >= 11 is 0. The molecule has 0 aliphatic heterocycles. The molecule has 1 rings (SSSR count). The van der Waals surface area contributed by atoms with Gasteiger partial charge in [-0.25, -0.2) is 13.6 Å². The van der Waals surface area contributed by atoms with Gasteiger partial charge < -0.3 is 10.6 Å². The van der Waals surface area contributed by atoms with Crippen molar-refractivity contribution in [3.05, 3.63) is 18.2 Å². The standard InChI is InChI=1S/C12H21N3O2S/c1-4-9(5-2)15(3)12-8-10(18(14,16)17)6-7-11(12)13/h6-9H,4-5,13H2,1-3H3,(H2,14,16,17). The third-order valence-electron chi connectivity index (χ3n) is 3.20. The first-order chi connectivity index (χ1) is 8.31. The minimum Gasteiger partial charge on any atom is -0.397 e. The summed E-state index contributed by atoms with van der Waals surface area (Å²) in [7, 11) is -1.78. The number of anilines is 2. The molecule has 0 spiro atoms. The highest BCUT2D eigenvalue weighted by atomic mass is 32.2. The fourth-order valence-corrected chi connectivity index (χ4v) is 2.57. The Balaban J connectivity index is 3.23. The monoisotopic (exact) mass is 271 g/mol. The molecule has 0 fully saturated rings. The second-order valence-corrected chi connectivity index (χ2v) is 5.91. The van der Waals surface area contributed by atoms with E-state index in [1.54, 1.807) is 6.07 Å². The van der Waals surface area contributed by atoms with Crippen molar-refractivity contribution >= 4 is 21.4 Å². The van der Waals surface area contributed by atoms with Gasteiger partial charge in [0.1, 0.15) is 0 Å². The van der Waals surface area contributed by atoms with E-state index < -0.39 is 10.0 Å². The van der Waals surface area contributed by atoms with E-state index in [4.69, 9.17) is 10.9 Å². The van der Waals surface area contributed by atoms with Crippen LogP contribution in [-0.4, -0.2) is 21.5 Å². The molecular weight excluding hydrogens is 250 g/mol. The van der Waals surface area contributed by atoms with Crippen LogP contribution in [0.2, 0.25) is 0 Å². The van der Waals surface area contributed by atoms with Crippen molar-refractivity contribution < 1.29 is 8.42 Å². The summed E-state index contributed by atoms with van der Waals surface area (Å²) in [6.45, 7) is 4.18. The summed E-state index contributed by atoms with van der Waals surface area (Å²) < 4.78 is 22.7. The predicted molar refractivity (Wildman–Crippen MR) is 75.0 cm³/mol. The molecule has 18 heavy (non-hydrogen) atoms. The van der Waals surface area contributed by atoms with E-state index in [1.807, 2.05) is 11.9 Å². The molecule has 0 unspecified atom stereocenters. The maximum absolute atomic E-state index is 11.3. The molecule has 0 saturated carbocycles. The minimum atomic E-state index is -3.70. The van der Waals surface area contributed by atoms with Crippen LogP contribution in [0.25, 0.3) is 0 Å². The van der Waals surface area contributed by atoms with Crippen LogP contribution >= 0.6 is 0 Å². The fraction of sp³-hybridized carbons (Fsp3) is 0.500. The van der Waals surface area contributed by atoms with E-state index in [-0.39, 0.29) is 4.90 Å². The lowest BCUT2D eigenvalue weighted by molar-refractivity contribution is 0.590. The molecule has 0 aliphatic carbocycles. The van der Waals surface area contributed by atoms with Crippen LogP contribution in [0, 0.1) is 0 Å². The number of nitrogens with two attached hydrogens (primary N) is 2. The van der Waals surface area contributed by atoms with Crippen LogP contribution in [0.15, 0.2) is 23.1 Å². The second kappa shape index (κ2) is 5.58. The lowest BCUT2D eigenvalue weighted by Gasteiger charge is -2.29. The van der Waals surface area contributed by atoms with E-state index in [1.165, 1.54) is 12.1 Å². The summed E-state index contributed by atoms with van der Waals surface area (Å²) in [5.74, 6) is 0. The summed E-state index contributed by atoms with van der Waals surface area (Å²) in [6, 6.07) is 4.86. The van der Waals surface area contributed by atoms with Crippen molar-refractivity contribution in [2.45, 2.75) is 37.6 Å². The highest BCUT2D eigenvalue weighted by molar-refractivity contribution is 7.89.